The van der Waals surface area contributed by atoms with Crippen molar-refractivity contribution in [1.82, 2.24) is 0 Å². The molecule has 0 spiro atoms. The first kappa shape index (κ1) is 19.4. The summed E-state index contributed by atoms with van der Waals surface area (Å²) in [5, 5.41) is 5.78. The standard InChI is InChI=1S/C22H22N2O4/c1-16-19(22(25)24(23-16)18-9-5-4-6-10-18)11-7-8-17-12-13-20(28-15-26-2)21(14-17)27-3/h4-14H,15H2,1-3H3/b8-7+,19-11+. The van der Waals surface area contributed by atoms with E-state index < -0.39 is 0 Å². The molecule has 2 aromatic carbocycles. The lowest BCUT2D eigenvalue weighted by Gasteiger charge is -2.10. The van der Waals surface area contributed by atoms with Gasteiger partial charge in [0, 0.05) is 7.11 Å². The van der Waals surface area contributed by atoms with Crippen LogP contribution in [-0.4, -0.2) is 32.6 Å². The predicted octanol–water partition coefficient (Wildman–Crippen LogP) is 4.04. The van der Waals surface area contributed by atoms with Crippen LogP contribution in [0.15, 0.2) is 71.4 Å². The van der Waals surface area contributed by atoms with Gasteiger partial charge in [0.1, 0.15) is 0 Å². The molecule has 0 saturated carbocycles. The van der Waals surface area contributed by atoms with Crippen LogP contribution in [0.25, 0.3) is 6.08 Å². The molecule has 1 heterocycles. The number of anilines is 1. The number of hydrazone groups is 1. The molecule has 0 bridgehead atoms. The first-order chi connectivity index (χ1) is 13.6. The van der Waals surface area contributed by atoms with Crippen molar-refractivity contribution >= 4 is 23.4 Å². The molecule has 6 nitrogen and oxygen atoms in total. The van der Waals surface area contributed by atoms with E-state index in [9.17, 15) is 4.79 Å². The Morgan fingerprint density at radius 3 is 2.57 bits per heavy atom. The number of methoxy groups -OCH3 is 2. The van der Waals surface area contributed by atoms with E-state index in [0.29, 0.717) is 22.8 Å². The number of ether oxygens (including phenoxy) is 3. The van der Waals surface area contributed by atoms with E-state index in [4.69, 9.17) is 14.2 Å². The number of para-hydroxylation sites is 1. The summed E-state index contributed by atoms with van der Waals surface area (Å²) in [4.78, 5) is 12.7. The molecular formula is C22H22N2O4. The Kier molecular flexibility index (Phi) is 6.24. The van der Waals surface area contributed by atoms with Gasteiger partial charge in [-0.05, 0) is 42.8 Å². The second-order valence-corrected chi connectivity index (χ2v) is 6.04. The Morgan fingerprint density at radius 2 is 1.86 bits per heavy atom. The zero-order chi connectivity index (χ0) is 19.9. The van der Waals surface area contributed by atoms with Crippen LogP contribution >= 0.6 is 0 Å². The van der Waals surface area contributed by atoms with Crippen molar-refractivity contribution in [1.29, 1.82) is 0 Å². The molecular weight excluding hydrogens is 356 g/mol. The molecule has 0 aromatic heterocycles. The maximum atomic E-state index is 12.7. The summed E-state index contributed by atoms with van der Waals surface area (Å²) in [5.41, 5.74) is 2.90. The van der Waals surface area contributed by atoms with E-state index in [0.717, 1.165) is 11.3 Å². The maximum absolute atomic E-state index is 12.7. The second kappa shape index (κ2) is 9.01. The van der Waals surface area contributed by atoms with Gasteiger partial charge in [0.2, 0.25) is 0 Å². The average Bonchev–Trinajstić information content (AvgIpc) is 3.01. The average molecular weight is 378 g/mol. The van der Waals surface area contributed by atoms with Crippen molar-refractivity contribution in [2.45, 2.75) is 6.92 Å². The smallest absolute Gasteiger partial charge is 0.280 e. The van der Waals surface area contributed by atoms with Gasteiger partial charge >= 0.3 is 0 Å². The normalized spacial score (nSPS) is 15.4. The SMILES string of the molecule is COCOc1ccc(/C=C/C=C2/C(=O)N(c3ccccc3)N=C2C)cc1OC. The van der Waals surface area contributed by atoms with Gasteiger partial charge in [-0.25, -0.2) is 0 Å². The number of nitrogens with zero attached hydrogens (tertiary/aromatic N) is 2. The molecule has 144 valence electrons. The number of carbonyl (C=O) groups excluding carboxylic acids is 1. The zero-order valence-corrected chi connectivity index (χ0v) is 16.1. The van der Waals surface area contributed by atoms with Gasteiger partial charge in [0.25, 0.3) is 5.91 Å². The fourth-order valence-corrected chi connectivity index (χ4v) is 2.74. The van der Waals surface area contributed by atoms with E-state index >= 15 is 0 Å². The topological polar surface area (TPSA) is 60.4 Å². The summed E-state index contributed by atoms with van der Waals surface area (Å²) in [6.45, 7) is 1.97. The highest BCUT2D eigenvalue weighted by atomic mass is 16.7. The van der Waals surface area contributed by atoms with Crippen LogP contribution in [-0.2, 0) is 9.53 Å². The van der Waals surface area contributed by atoms with Crippen LogP contribution in [0.4, 0.5) is 5.69 Å². The van der Waals surface area contributed by atoms with Crippen LogP contribution in [0.2, 0.25) is 0 Å². The monoisotopic (exact) mass is 378 g/mol. The van der Waals surface area contributed by atoms with Crippen LogP contribution in [0.3, 0.4) is 0 Å². The van der Waals surface area contributed by atoms with Crippen molar-refractivity contribution in [3.63, 3.8) is 0 Å². The Labute approximate surface area is 164 Å². The van der Waals surface area contributed by atoms with Gasteiger partial charge in [-0.3, -0.25) is 4.79 Å². The summed E-state index contributed by atoms with van der Waals surface area (Å²) >= 11 is 0. The van der Waals surface area contributed by atoms with Gasteiger partial charge < -0.3 is 14.2 Å². The third-order valence-electron chi connectivity index (χ3n) is 4.13. The van der Waals surface area contributed by atoms with Gasteiger partial charge in [0.15, 0.2) is 18.3 Å². The van der Waals surface area contributed by atoms with E-state index in [-0.39, 0.29) is 12.7 Å². The quantitative estimate of drug-likeness (QED) is 0.539. The highest BCUT2D eigenvalue weighted by Gasteiger charge is 2.27. The third kappa shape index (κ3) is 4.29. The van der Waals surface area contributed by atoms with Crippen LogP contribution in [0.5, 0.6) is 11.5 Å². The molecule has 0 atom stereocenters. The molecule has 0 fully saturated rings. The Balaban J connectivity index is 1.75. The lowest BCUT2D eigenvalue weighted by Crippen LogP contribution is -2.21. The fourth-order valence-electron chi connectivity index (χ4n) is 2.74. The highest BCUT2D eigenvalue weighted by Crippen LogP contribution is 2.29. The number of carbonyl (C=O) groups is 1. The van der Waals surface area contributed by atoms with E-state index in [1.54, 1.807) is 20.3 Å². The van der Waals surface area contributed by atoms with Crippen molar-refractivity contribution < 1.29 is 19.0 Å². The van der Waals surface area contributed by atoms with E-state index in [1.807, 2.05) is 67.6 Å². The minimum absolute atomic E-state index is 0.144. The predicted molar refractivity (Wildman–Crippen MR) is 110 cm³/mol. The summed E-state index contributed by atoms with van der Waals surface area (Å²) in [6.07, 6.45) is 5.48. The van der Waals surface area contributed by atoms with Crippen LogP contribution in [0.1, 0.15) is 12.5 Å². The van der Waals surface area contributed by atoms with Crippen molar-refractivity contribution in [3.8, 4) is 11.5 Å². The van der Waals surface area contributed by atoms with Crippen LogP contribution < -0.4 is 14.5 Å². The first-order valence-corrected chi connectivity index (χ1v) is 8.77. The largest absolute Gasteiger partial charge is 0.493 e. The zero-order valence-electron chi connectivity index (χ0n) is 16.1. The fraction of sp³-hybridized carbons (Fsp3) is 0.182. The highest BCUT2D eigenvalue weighted by molar-refractivity contribution is 6.29. The molecule has 1 amide bonds. The molecule has 0 saturated heterocycles. The third-order valence-corrected chi connectivity index (χ3v) is 4.13. The summed E-state index contributed by atoms with van der Waals surface area (Å²) in [5.74, 6) is 1.07. The molecule has 1 aliphatic heterocycles. The van der Waals surface area contributed by atoms with Crippen molar-refractivity contribution in [2.24, 2.45) is 5.10 Å². The van der Waals surface area contributed by atoms with Gasteiger partial charge in [0.05, 0.1) is 24.1 Å². The van der Waals surface area contributed by atoms with E-state index in [2.05, 4.69) is 5.10 Å². The molecule has 0 aliphatic carbocycles. The van der Waals surface area contributed by atoms with E-state index in [1.165, 1.54) is 5.01 Å². The molecule has 1 aliphatic rings. The summed E-state index contributed by atoms with van der Waals surface area (Å²) < 4.78 is 15.7. The molecule has 6 heteroatoms. The molecule has 0 N–H and O–H groups in total. The lowest BCUT2D eigenvalue weighted by atomic mass is 10.1. The molecule has 28 heavy (non-hydrogen) atoms. The van der Waals surface area contributed by atoms with Crippen molar-refractivity contribution in [3.05, 3.63) is 71.8 Å². The minimum Gasteiger partial charge on any atom is -0.493 e. The van der Waals surface area contributed by atoms with Gasteiger partial charge in [-0.2, -0.15) is 10.1 Å². The molecule has 0 radical (unpaired) electrons. The number of rotatable bonds is 7. The van der Waals surface area contributed by atoms with Gasteiger partial charge in [-0.1, -0.05) is 36.4 Å². The second-order valence-electron chi connectivity index (χ2n) is 6.04. The molecule has 0 unspecified atom stereocenters. The van der Waals surface area contributed by atoms with Gasteiger partial charge in [-0.15, -0.1) is 0 Å². The lowest BCUT2D eigenvalue weighted by molar-refractivity contribution is -0.114. The maximum Gasteiger partial charge on any atom is 0.280 e. The number of hydrogen-bond acceptors (Lipinski definition) is 5. The minimum atomic E-state index is -0.144. The number of allylic oxidation sites excluding steroid dienone is 2. The molecule has 3 rings (SSSR count). The first-order valence-electron chi connectivity index (χ1n) is 8.77. The summed E-state index contributed by atoms with van der Waals surface area (Å²) in [6, 6.07) is 14.9. The Hall–Kier alpha value is -3.38. The number of amides is 1. The van der Waals surface area contributed by atoms with Crippen LogP contribution in [0, 0.1) is 0 Å². The number of hydrogen-bond donors (Lipinski definition) is 0. The van der Waals surface area contributed by atoms with Crippen molar-refractivity contribution in [2.75, 3.05) is 26.0 Å². The Bertz CT molecular complexity index is 933. The Morgan fingerprint density at radius 1 is 1.07 bits per heavy atom. The summed E-state index contributed by atoms with van der Waals surface area (Å²) in [7, 11) is 3.14. The molecule has 2 aromatic rings. The number of benzene rings is 2.